The number of allylic oxidation sites excluding steroid dienone is 1. The van der Waals surface area contributed by atoms with E-state index >= 15 is 0 Å². The van der Waals surface area contributed by atoms with E-state index in [4.69, 9.17) is 9.47 Å². The monoisotopic (exact) mass is 362 g/mol. The first-order valence-corrected chi connectivity index (χ1v) is 8.48. The van der Waals surface area contributed by atoms with Crippen LogP contribution in [0.15, 0.2) is 78.9 Å². The van der Waals surface area contributed by atoms with E-state index in [0.717, 1.165) is 11.1 Å². The van der Waals surface area contributed by atoms with Crippen LogP contribution in [0.5, 0.6) is 11.5 Å². The average Bonchev–Trinajstić information content (AvgIpc) is 2.72. The topological polar surface area (TPSA) is 35.5 Å². The third-order valence-corrected chi connectivity index (χ3v) is 4.00. The van der Waals surface area contributed by atoms with Crippen molar-refractivity contribution in [1.29, 1.82) is 0 Å². The quantitative estimate of drug-likeness (QED) is 0.422. The zero-order valence-electron chi connectivity index (χ0n) is 14.9. The van der Waals surface area contributed by atoms with Gasteiger partial charge in [-0.3, -0.25) is 4.79 Å². The second kappa shape index (κ2) is 8.81. The first-order valence-electron chi connectivity index (χ1n) is 8.48. The van der Waals surface area contributed by atoms with Gasteiger partial charge in [0, 0.05) is 11.1 Å². The van der Waals surface area contributed by atoms with Gasteiger partial charge in [-0.25, -0.2) is 4.39 Å². The van der Waals surface area contributed by atoms with Crippen LogP contribution >= 0.6 is 0 Å². The number of hydrogen-bond acceptors (Lipinski definition) is 3. The predicted molar refractivity (Wildman–Crippen MR) is 104 cm³/mol. The molecule has 0 radical (unpaired) electrons. The van der Waals surface area contributed by atoms with Gasteiger partial charge in [-0.15, -0.1) is 0 Å². The molecule has 0 amide bonds. The van der Waals surface area contributed by atoms with E-state index in [1.165, 1.54) is 12.1 Å². The van der Waals surface area contributed by atoms with Crippen LogP contribution in [0.3, 0.4) is 0 Å². The van der Waals surface area contributed by atoms with Crippen molar-refractivity contribution in [2.45, 2.75) is 6.61 Å². The molecule has 0 saturated carbocycles. The summed E-state index contributed by atoms with van der Waals surface area (Å²) in [5.41, 5.74) is 2.33. The van der Waals surface area contributed by atoms with Crippen LogP contribution < -0.4 is 9.47 Å². The number of ketones is 1. The first kappa shape index (κ1) is 18.4. The van der Waals surface area contributed by atoms with Gasteiger partial charge in [0.05, 0.1) is 7.11 Å². The second-order valence-electron chi connectivity index (χ2n) is 5.88. The van der Waals surface area contributed by atoms with Crippen LogP contribution in [0, 0.1) is 5.82 Å². The van der Waals surface area contributed by atoms with Gasteiger partial charge in [-0.05, 0) is 48.0 Å². The van der Waals surface area contributed by atoms with Crippen molar-refractivity contribution in [3.63, 3.8) is 0 Å². The van der Waals surface area contributed by atoms with Gasteiger partial charge in [0.2, 0.25) is 0 Å². The maximum absolute atomic E-state index is 13.0. The predicted octanol–water partition coefficient (Wildman–Crippen LogP) is 5.31. The zero-order valence-corrected chi connectivity index (χ0v) is 14.9. The molecule has 0 spiro atoms. The smallest absolute Gasteiger partial charge is 0.185 e. The van der Waals surface area contributed by atoms with Crippen molar-refractivity contribution in [2.24, 2.45) is 0 Å². The fraction of sp³-hybridized carbons (Fsp3) is 0.0870. The van der Waals surface area contributed by atoms with Crippen LogP contribution in [0.2, 0.25) is 0 Å². The van der Waals surface area contributed by atoms with Crippen molar-refractivity contribution in [3.8, 4) is 11.5 Å². The molecule has 0 atom stereocenters. The van der Waals surface area contributed by atoms with Crippen LogP contribution in [-0.2, 0) is 6.61 Å². The molecule has 0 bridgehead atoms. The summed E-state index contributed by atoms with van der Waals surface area (Å²) in [7, 11) is 1.59. The third-order valence-electron chi connectivity index (χ3n) is 4.00. The summed E-state index contributed by atoms with van der Waals surface area (Å²) in [5, 5.41) is 0. The van der Waals surface area contributed by atoms with Gasteiger partial charge < -0.3 is 9.47 Å². The summed E-state index contributed by atoms with van der Waals surface area (Å²) in [5.74, 6) is 0.882. The molecule has 3 nitrogen and oxygen atoms in total. The molecule has 3 aromatic carbocycles. The SMILES string of the molecule is COc1ccc(/C=C/C(=O)c2ccccc2)cc1COc1ccc(F)cc1. The third kappa shape index (κ3) is 5.05. The Morgan fingerprint density at radius 2 is 1.74 bits per heavy atom. The summed E-state index contributed by atoms with van der Waals surface area (Å²) in [6, 6.07) is 20.5. The highest BCUT2D eigenvalue weighted by Gasteiger charge is 2.06. The Bertz CT molecular complexity index is 932. The lowest BCUT2D eigenvalue weighted by Crippen LogP contribution is -1.99. The molecule has 0 unspecified atom stereocenters. The van der Waals surface area contributed by atoms with E-state index in [2.05, 4.69) is 0 Å². The highest BCUT2D eigenvalue weighted by atomic mass is 19.1. The minimum atomic E-state index is -0.310. The van der Waals surface area contributed by atoms with Crippen molar-refractivity contribution in [3.05, 3.63) is 101 Å². The summed E-state index contributed by atoms with van der Waals surface area (Å²) < 4.78 is 24.1. The minimum absolute atomic E-state index is 0.0597. The van der Waals surface area contributed by atoms with E-state index in [0.29, 0.717) is 17.1 Å². The summed E-state index contributed by atoms with van der Waals surface area (Å²) in [4.78, 5) is 12.2. The molecule has 0 heterocycles. The molecule has 4 heteroatoms. The standard InChI is InChI=1S/C23H19FO3/c1-26-23-14-8-17(7-13-22(25)18-5-3-2-4-6-18)15-19(23)16-27-21-11-9-20(24)10-12-21/h2-15H,16H2,1H3/b13-7+. The normalized spacial score (nSPS) is 10.7. The lowest BCUT2D eigenvalue weighted by Gasteiger charge is -2.11. The molecule has 0 aliphatic heterocycles. The summed E-state index contributed by atoms with van der Waals surface area (Å²) in [6.45, 7) is 0.267. The van der Waals surface area contributed by atoms with Crippen molar-refractivity contribution in [2.75, 3.05) is 7.11 Å². The van der Waals surface area contributed by atoms with Gasteiger partial charge >= 0.3 is 0 Å². The highest BCUT2D eigenvalue weighted by molar-refractivity contribution is 6.06. The maximum Gasteiger partial charge on any atom is 0.185 e. The number of carbonyl (C=O) groups is 1. The molecular formula is C23H19FO3. The molecule has 3 rings (SSSR count). The Morgan fingerprint density at radius 3 is 2.44 bits per heavy atom. The Kier molecular flexibility index (Phi) is 6.00. The second-order valence-corrected chi connectivity index (χ2v) is 5.88. The van der Waals surface area contributed by atoms with E-state index in [-0.39, 0.29) is 18.2 Å². The number of benzene rings is 3. The largest absolute Gasteiger partial charge is 0.496 e. The van der Waals surface area contributed by atoms with Gasteiger partial charge in [-0.1, -0.05) is 42.5 Å². The van der Waals surface area contributed by atoms with Gasteiger partial charge in [0.25, 0.3) is 0 Å². The summed E-state index contributed by atoms with van der Waals surface area (Å²) in [6.07, 6.45) is 3.30. The van der Waals surface area contributed by atoms with Crippen LogP contribution in [0.1, 0.15) is 21.5 Å². The van der Waals surface area contributed by atoms with Gasteiger partial charge in [-0.2, -0.15) is 0 Å². The lowest BCUT2D eigenvalue weighted by atomic mass is 10.1. The fourth-order valence-corrected chi connectivity index (χ4v) is 2.58. The Morgan fingerprint density at radius 1 is 1.00 bits per heavy atom. The Hall–Kier alpha value is -3.40. The molecule has 0 fully saturated rings. The van der Waals surface area contributed by atoms with E-state index in [9.17, 15) is 9.18 Å². The highest BCUT2D eigenvalue weighted by Crippen LogP contribution is 2.23. The average molecular weight is 362 g/mol. The number of hydrogen-bond donors (Lipinski definition) is 0. The van der Waals surface area contributed by atoms with Crippen molar-refractivity contribution >= 4 is 11.9 Å². The Labute approximate surface area is 157 Å². The minimum Gasteiger partial charge on any atom is -0.496 e. The van der Waals surface area contributed by atoms with E-state index < -0.39 is 0 Å². The van der Waals surface area contributed by atoms with Gasteiger partial charge in [0.1, 0.15) is 23.9 Å². The molecule has 0 aliphatic rings. The lowest BCUT2D eigenvalue weighted by molar-refractivity contribution is 0.104. The molecule has 136 valence electrons. The number of rotatable bonds is 7. The number of halogens is 1. The molecule has 0 aliphatic carbocycles. The van der Waals surface area contributed by atoms with Crippen molar-refractivity contribution < 1.29 is 18.7 Å². The van der Waals surface area contributed by atoms with Crippen LogP contribution in [-0.4, -0.2) is 12.9 Å². The zero-order chi connectivity index (χ0) is 19.1. The molecule has 3 aromatic rings. The number of carbonyl (C=O) groups excluding carboxylic acids is 1. The van der Waals surface area contributed by atoms with Crippen molar-refractivity contribution in [1.82, 2.24) is 0 Å². The molecule has 0 aromatic heterocycles. The summed E-state index contributed by atoms with van der Waals surface area (Å²) >= 11 is 0. The van der Waals surface area contributed by atoms with Crippen LogP contribution in [0.25, 0.3) is 6.08 Å². The van der Waals surface area contributed by atoms with Gasteiger partial charge in [0.15, 0.2) is 5.78 Å². The van der Waals surface area contributed by atoms with E-state index in [1.54, 1.807) is 43.5 Å². The first-order chi connectivity index (χ1) is 13.2. The van der Waals surface area contributed by atoms with E-state index in [1.807, 2.05) is 36.4 Å². The maximum atomic E-state index is 13.0. The number of methoxy groups -OCH3 is 1. The Balaban J connectivity index is 1.73. The molecule has 0 N–H and O–H groups in total. The molecule has 27 heavy (non-hydrogen) atoms. The number of ether oxygens (including phenoxy) is 2. The molecule has 0 saturated heterocycles. The van der Waals surface area contributed by atoms with Crippen LogP contribution in [0.4, 0.5) is 4.39 Å². The fourth-order valence-electron chi connectivity index (χ4n) is 2.58. The molecular weight excluding hydrogens is 343 g/mol.